The highest BCUT2D eigenvalue weighted by Crippen LogP contribution is 2.25. The summed E-state index contributed by atoms with van der Waals surface area (Å²) in [4.78, 5) is 16.0. The minimum absolute atomic E-state index is 0.168. The van der Waals surface area contributed by atoms with Gasteiger partial charge in [0.1, 0.15) is 5.75 Å². The van der Waals surface area contributed by atoms with Gasteiger partial charge in [0.25, 0.3) is 0 Å². The molecular weight excluding hydrogens is 360 g/mol. The predicted octanol–water partition coefficient (Wildman–Crippen LogP) is 2.46. The standard InChI is InChI=1S/C16H19BrN4O2/c1-23-15-4-3-13(17)10-12(15)2-5-16(22)20-9-6-14(11-20)21-18-7-8-19-21/h3-4,7-8,10,14H,2,5-6,9,11H2,1H3. The van der Waals surface area contributed by atoms with Crippen LogP contribution in [-0.2, 0) is 11.2 Å². The lowest BCUT2D eigenvalue weighted by Gasteiger charge is -2.17. The zero-order chi connectivity index (χ0) is 16.2. The van der Waals surface area contributed by atoms with Crippen molar-refractivity contribution in [3.63, 3.8) is 0 Å². The average Bonchev–Trinajstić information content (AvgIpc) is 3.23. The Morgan fingerprint density at radius 3 is 2.91 bits per heavy atom. The van der Waals surface area contributed by atoms with Crippen molar-refractivity contribution in [3.8, 4) is 5.75 Å². The van der Waals surface area contributed by atoms with Crippen LogP contribution in [0.3, 0.4) is 0 Å². The molecule has 0 saturated carbocycles. The molecule has 2 heterocycles. The molecule has 1 aromatic carbocycles. The highest BCUT2D eigenvalue weighted by atomic mass is 79.9. The maximum atomic E-state index is 12.4. The zero-order valence-electron chi connectivity index (χ0n) is 13.0. The van der Waals surface area contributed by atoms with E-state index in [1.54, 1.807) is 24.3 Å². The smallest absolute Gasteiger partial charge is 0.222 e. The maximum Gasteiger partial charge on any atom is 0.222 e. The van der Waals surface area contributed by atoms with Crippen LogP contribution in [0.25, 0.3) is 0 Å². The third kappa shape index (κ3) is 3.72. The normalized spacial score (nSPS) is 17.5. The van der Waals surface area contributed by atoms with Gasteiger partial charge >= 0.3 is 0 Å². The second-order valence-electron chi connectivity index (χ2n) is 5.59. The van der Waals surface area contributed by atoms with E-state index in [1.165, 1.54) is 0 Å². The van der Waals surface area contributed by atoms with Gasteiger partial charge in [-0.3, -0.25) is 4.79 Å². The number of aryl methyl sites for hydroxylation is 1. The molecule has 1 atom stereocenters. The van der Waals surface area contributed by atoms with Gasteiger partial charge in [-0.15, -0.1) is 0 Å². The van der Waals surface area contributed by atoms with Crippen LogP contribution in [0.5, 0.6) is 5.75 Å². The van der Waals surface area contributed by atoms with Gasteiger partial charge in [0.05, 0.1) is 25.5 Å². The topological polar surface area (TPSA) is 60.2 Å². The summed E-state index contributed by atoms with van der Waals surface area (Å²) >= 11 is 3.46. The number of hydrogen-bond acceptors (Lipinski definition) is 4. The van der Waals surface area contributed by atoms with Gasteiger partial charge in [-0.2, -0.15) is 15.0 Å². The van der Waals surface area contributed by atoms with Crippen LogP contribution in [0, 0.1) is 0 Å². The Labute approximate surface area is 143 Å². The van der Waals surface area contributed by atoms with Crippen molar-refractivity contribution < 1.29 is 9.53 Å². The largest absolute Gasteiger partial charge is 0.496 e. The molecule has 1 amide bonds. The fraction of sp³-hybridized carbons (Fsp3) is 0.438. The Morgan fingerprint density at radius 2 is 2.17 bits per heavy atom. The Balaban J connectivity index is 1.57. The van der Waals surface area contributed by atoms with Crippen molar-refractivity contribution in [2.24, 2.45) is 0 Å². The van der Waals surface area contributed by atoms with E-state index in [1.807, 2.05) is 23.1 Å². The highest BCUT2D eigenvalue weighted by molar-refractivity contribution is 9.10. The molecule has 2 aromatic rings. The van der Waals surface area contributed by atoms with Gasteiger partial charge in [0.15, 0.2) is 0 Å². The van der Waals surface area contributed by atoms with E-state index >= 15 is 0 Å². The van der Waals surface area contributed by atoms with Crippen molar-refractivity contribution >= 4 is 21.8 Å². The molecule has 122 valence electrons. The van der Waals surface area contributed by atoms with Gasteiger partial charge in [-0.1, -0.05) is 15.9 Å². The molecular formula is C16H19BrN4O2. The molecule has 0 aliphatic carbocycles. The van der Waals surface area contributed by atoms with E-state index in [9.17, 15) is 4.79 Å². The van der Waals surface area contributed by atoms with Crippen LogP contribution in [0.2, 0.25) is 0 Å². The summed E-state index contributed by atoms with van der Waals surface area (Å²) in [6.07, 6.45) is 5.39. The number of likely N-dealkylation sites (tertiary alicyclic amines) is 1. The van der Waals surface area contributed by atoms with Crippen molar-refractivity contribution in [2.45, 2.75) is 25.3 Å². The molecule has 0 spiro atoms. The molecule has 1 unspecified atom stereocenters. The van der Waals surface area contributed by atoms with E-state index in [0.29, 0.717) is 19.4 Å². The van der Waals surface area contributed by atoms with E-state index < -0.39 is 0 Å². The fourth-order valence-corrected chi connectivity index (χ4v) is 3.32. The monoisotopic (exact) mass is 378 g/mol. The quantitative estimate of drug-likeness (QED) is 0.801. The first-order chi connectivity index (χ1) is 11.2. The lowest BCUT2D eigenvalue weighted by molar-refractivity contribution is -0.130. The van der Waals surface area contributed by atoms with Crippen molar-refractivity contribution in [3.05, 3.63) is 40.6 Å². The van der Waals surface area contributed by atoms with Crippen molar-refractivity contribution in [1.82, 2.24) is 19.9 Å². The summed E-state index contributed by atoms with van der Waals surface area (Å²) in [7, 11) is 1.65. The third-order valence-corrected chi connectivity index (χ3v) is 4.62. The molecule has 1 saturated heterocycles. The summed E-state index contributed by atoms with van der Waals surface area (Å²) in [5.74, 6) is 0.989. The molecule has 0 N–H and O–H groups in total. The first kappa shape index (κ1) is 16.0. The average molecular weight is 379 g/mol. The number of hydrogen-bond donors (Lipinski definition) is 0. The van der Waals surface area contributed by atoms with E-state index in [-0.39, 0.29) is 11.9 Å². The summed E-state index contributed by atoms with van der Waals surface area (Å²) < 4.78 is 6.35. The molecule has 6 nitrogen and oxygen atoms in total. The van der Waals surface area contributed by atoms with Crippen LogP contribution in [0.4, 0.5) is 0 Å². The SMILES string of the molecule is COc1ccc(Br)cc1CCC(=O)N1CCC(n2nccn2)C1. The van der Waals surface area contributed by atoms with E-state index in [2.05, 4.69) is 26.1 Å². The second kappa shape index (κ2) is 7.12. The Bertz CT molecular complexity index is 675. The first-order valence-electron chi connectivity index (χ1n) is 7.63. The number of ether oxygens (including phenoxy) is 1. The zero-order valence-corrected chi connectivity index (χ0v) is 14.6. The minimum Gasteiger partial charge on any atom is -0.496 e. The maximum absolute atomic E-state index is 12.4. The number of carbonyl (C=O) groups is 1. The molecule has 1 fully saturated rings. The van der Waals surface area contributed by atoms with Crippen LogP contribution >= 0.6 is 15.9 Å². The van der Waals surface area contributed by atoms with Crippen LogP contribution in [0.15, 0.2) is 35.1 Å². The van der Waals surface area contributed by atoms with Gasteiger partial charge in [-0.25, -0.2) is 0 Å². The summed E-state index contributed by atoms with van der Waals surface area (Å²) in [6, 6.07) is 6.05. The number of amides is 1. The van der Waals surface area contributed by atoms with E-state index in [4.69, 9.17) is 4.74 Å². The lowest BCUT2D eigenvalue weighted by Crippen LogP contribution is -2.29. The Hall–Kier alpha value is -1.89. The lowest BCUT2D eigenvalue weighted by atomic mass is 10.1. The first-order valence-corrected chi connectivity index (χ1v) is 8.42. The van der Waals surface area contributed by atoms with E-state index in [0.717, 1.165) is 28.8 Å². The molecule has 1 aromatic heterocycles. The second-order valence-corrected chi connectivity index (χ2v) is 6.50. The molecule has 1 aliphatic rings. The highest BCUT2D eigenvalue weighted by Gasteiger charge is 2.28. The predicted molar refractivity (Wildman–Crippen MR) is 89.3 cm³/mol. The van der Waals surface area contributed by atoms with Crippen molar-refractivity contribution in [1.29, 1.82) is 0 Å². The summed E-state index contributed by atoms with van der Waals surface area (Å²) in [5.41, 5.74) is 1.04. The third-order valence-electron chi connectivity index (χ3n) is 4.13. The van der Waals surface area contributed by atoms with Crippen LogP contribution in [-0.4, -0.2) is 46.0 Å². The molecule has 0 radical (unpaired) electrons. The summed E-state index contributed by atoms with van der Waals surface area (Å²) in [6.45, 7) is 1.45. The van der Waals surface area contributed by atoms with Gasteiger partial charge < -0.3 is 9.64 Å². The summed E-state index contributed by atoms with van der Waals surface area (Å²) in [5, 5.41) is 8.33. The fourth-order valence-electron chi connectivity index (χ4n) is 2.91. The number of carbonyl (C=O) groups excluding carboxylic acids is 1. The molecule has 3 rings (SSSR count). The molecule has 0 bridgehead atoms. The molecule has 1 aliphatic heterocycles. The van der Waals surface area contributed by atoms with Gasteiger partial charge in [-0.05, 0) is 36.6 Å². The number of nitrogens with zero attached hydrogens (tertiary/aromatic N) is 4. The van der Waals surface area contributed by atoms with Gasteiger partial charge in [0.2, 0.25) is 5.91 Å². The van der Waals surface area contributed by atoms with Gasteiger partial charge in [0, 0.05) is 24.0 Å². The van der Waals surface area contributed by atoms with Crippen LogP contribution < -0.4 is 4.74 Å². The number of aromatic nitrogens is 3. The number of benzene rings is 1. The Kier molecular flexibility index (Phi) is 4.95. The Morgan fingerprint density at radius 1 is 1.39 bits per heavy atom. The minimum atomic E-state index is 0.168. The van der Waals surface area contributed by atoms with Crippen LogP contribution in [0.1, 0.15) is 24.4 Å². The number of methoxy groups -OCH3 is 1. The molecule has 23 heavy (non-hydrogen) atoms. The molecule has 7 heteroatoms. The number of rotatable bonds is 5. The number of halogens is 1. The van der Waals surface area contributed by atoms with Crippen molar-refractivity contribution in [2.75, 3.05) is 20.2 Å².